The van der Waals surface area contributed by atoms with Gasteiger partial charge in [0.15, 0.2) is 0 Å². The van der Waals surface area contributed by atoms with Gasteiger partial charge in [-0.25, -0.2) is 9.59 Å². The number of anilines is 1. The zero-order valence-electron chi connectivity index (χ0n) is 24.5. The molecular weight excluding hydrogens is 532 g/mol. The molecule has 0 aromatic heterocycles. The van der Waals surface area contributed by atoms with Crippen LogP contribution < -0.4 is 16.0 Å². The van der Waals surface area contributed by atoms with Crippen molar-refractivity contribution in [2.24, 2.45) is 4.99 Å². The molecule has 1 aliphatic heterocycles. The van der Waals surface area contributed by atoms with E-state index in [1.54, 1.807) is 25.1 Å². The molecule has 0 aliphatic carbocycles. The van der Waals surface area contributed by atoms with Crippen molar-refractivity contribution >= 4 is 35.1 Å². The Morgan fingerprint density at radius 1 is 0.952 bits per heavy atom. The molecule has 9 nitrogen and oxygen atoms in total. The molecule has 1 atom stereocenters. The number of rotatable bonds is 11. The first-order chi connectivity index (χ1) is 20.1. The Kier molecular flexibility index (Phi) is 10.1. The van der Waals surface area contributed by atoms with E-state index in [2.05, 4.69) is 16.0 Å². The van der Waals surface area contributed by atoms with Crippen molar-refractivity contribution in [1.29, 1.82) is 0 Å². The minimum atomic E-state index is -0.630. The van der Waals surface area contributed by atoms with Crippen molar-refractivity contribution in [3.05, 3.63) is 95.1 Å². The highest BCUT2D eigenvalue weighted by Gasteiger charge is 2.36. The highest BCUT2D eigenvalue weighted by atomic mass is 16.6. The highest BCUT2D eigenvalue weighted by molar-refractivity contribution is 6.24. The largest absolute Gasteiger partial charge is 0.462 e. The second-order valence-corrected chi connectivity index (χ2v) is 10.9. The molecule has 4 rings (SSSR count). The summed E-state index contributed by atoms with van der Waals surface area (Å²) in [7, 11) is 0. The summed E-state index contributed by atoms with van der Waals surface area (Å²) in [6.45, 7) is 9.47. The Labute approximate surface area is 246 Å². The minimum absolute atomic E-state index is 0.199. The van der Waals surface area contributed by atoms with Gasteiger partial charge in [-0.1, -0.05) is 48.5 Å². The molecule has 0 saturated carbocycles. The summed E-state index contributed by atoms with van der Waals surface area (Å²) in [6.07, 6.45) is 0.363. The first-order valence-corrected chi connectivity index (χ1v) is 14.2. The molecule has 3 aromatic rings. The van der Waals surface area contributed by atoms with Gasteiger partial charge in [-0.15, -0.1) is 0 Å². The standard InChI is InChI=1S/C33H38N4O5/c1-5-41-31(39)24-14-17-26-27(20-24)37-30(38)28(26)29(23-10-7-6-8-11-23)36-25-15-12-22(13-16-25)21-34-18-9-19-35-32(40)42-33(2,3)4/h6-8,10-17,20,28,34H,5,9,18-19,21H2,1-4H3,(H,35,40)(H,37,38). The highest BCUT2D eigenvalue weighted by Crippen LogP contribution is 2.37. The monoisotopic (exact) mass is 570 g/mol. The Morgan fingerprint density at radius 2 is 1.69 bits per heavy atom. The van der Waals surface area contributed by atoms with Gasteiger partial charge in [0.1, 0.15) is 11.5 Å². The lowest BCUT2D eigenvalue weighted by Crippen LogP contribution is -2.33. The molecule has 0 saturated heterocycles. The Hall–Kier alpha value is -4.50. The smallest absolute Gasteiger partial charge is 0.407 e. The SMILES string of the molecule is CCOC(=O)c1ccc2c(c1)NC(=O)C2C(=Nc1ccc(CNCCCNC(=O)OC(C)(C)C)cc1)c1ccccc1. The van der Waals surface area contributed by atoms with Crippen LogP contribution in [0.4, 0.5) is 16.2 Å². The van der Waals surface area contributed by atoms with E-state index in [4.69, 9.17) is 14.5 Å². The number of nitrogens with zero attached hydrogens (tertiary/aromatic N) is 1. The maximum Gasteiger partial charge on any atom is 0.407 e. The zero-order valence-corrected chi connectivity index (χ0v) is 24.5. The van der Waals surface area contributed by atoms with Crippen molar-refractivity contribution < 1.29 is 23.9 Å². The second kappa shape index (κ2) is 13.9. The molecule has 0 bridgehead atoms. The summed E-state index contributed by atoms with van der Waals surface area (Å²) >= 11 is 0. The van der Waals surface area contributed by atoms with Crippen molar-refractivity contribution in [1.82, 2.24) is 10.6 Å². The molecule has 42 heavy (non-hydrogen) atoms. The second-order valence-electron chi connectivity index (χ2n) is 10.9. The van der Waals surface area contributed by atoms with E-state index in [0.29, 0.717) is 30.1 Å². The summed E-state index contributed by atoms with van der Waals surface area (Å²) in [5.41, 5.74) is 4.50. The van der Waals surface area contributed by atoms with Crippen LogP contribution in [-0.4, -0.2) is 49.0 Å². The van der Waals surface area contributed by atoms with Crippen LogP contribution in [-0.2, 0) is 20.8 Å². The minimum Gasteiger partial charge on any atom is -0.462 e. The van der Waals surface area contributed by atoms with Crippen molar-refractivity contribution in [2.45, 2.75) is 52.2 Å². The topological polar surface area (TPSA) is 118 Å². The normalized spacial score (nSPS) is 14.6. The van der Waals surface area contributed by atoms with Gasteiger partial charge in [0, 0.05) is 18.8 Å². The summed E-state index contributed by atoms with van der Waals surface area (Å²) < 4.78 is 10.3. The van der Waals surface area contributed by atoms with E-state index in [9.17, 15) is 14.4 Å². The molecule has 0 radical (unpaired) electrons. The van der Waals surface area contributed by atoms with Crippen LogP contribution in [0.25, 0.3) is 0 Å². The molecule has 0 fully saturated rings. The first kappa shape index (κ1) is 30.5. The van der Waals surface area contributed by atoms with E-state index in [1.807, 2.05) is 75.4 Å². The van der Waals surface area contributed by atoms with Gasteiger partial charge in [0.05, 0.1) is 23.6 Å². The third kappa shape index (κ3) is 8.27. The molecule has 220 valence electrons. The van der Waals surface area contributed by atoms with Gasteiger partial charge in [0.2, 0.25) is 5.91 Å². The summed E-state index contributed by atoms with van der Waals surface area (Å²) in [5.74, 6) is -1.26. The average Bonchev–Trinajstić information content (AvgIpc) is 3.28. The lowest BCUT2D eigenvalue weighted by molar-refractivity contribution is -0.115. The molecule has 1 unspecified atom stereocenters. The van der Waals surface area contributed by atoms with Crippen LogP contribution in [0.5, 0.6) is 0 Å². The van der Waals surface area contributed by atoms with Crippen LogP contribution in [0.15, 0.2) is 77.8 Å². The maximum atomic E-state index is 13.2. The van der Waals surface area contributed by atoms with Crippen LogP contribution in [0, 0.1) is 0 Å². The van der Waals surface area contributed by atoms with Crippen LogP contribution in [0.3, 0.4) is 0 Å². The number of alkyl carbamates (subject to hydrolysis) is 1. The zero-order chi connectivity index (χ0) is 30.1. The van der Waals surface area contributed by atoms with Gasteiger partial charge < -0.3 is 25.4 Å². The number of amides is 2. The quantitative estimate of drug-likeness (QED) is 0.154. The summed E-state index contributed by atoms with van der Waals surface area (Å²) in [4.78, 5) is 42.1. The number of esters is 1. The summed E-state index contributed by atoms with van der Waals surface area (Å²) in [6, 6.07) is 22.6. The molecule has 9 heteroatoms. The average molecular weight is 571 g/mol. The molecular formula is C33H38N4O5. The van der Waals surface area contributed by atoms with Gasteiger partial charge in [-0.2, -0.15) is 0 Å². The number of hydrogen-bond acceptors (Lipinski definition) is 7. The Bertz CT molecular complexity index is 1430. The number of ether oxygens (including phenoxy) is 2. The van der Waals surface area contributed by atoms with E-state index in [1.165, 1.54) is 0 Å². The number of hydrogen-bond donors (Lipinski definition) is 3. The van der Waals surface area contributed by atoms with Gasteiger partial charge >= 0.3 is 12.1 Å². The van der Waals surface area contributed by atoms with Crippen molar-refractivity contribution in [3.8, 4) is 0 Å². The first-order valence-electron chi connectivity index (χ1n) is 14.2. The number of nitrogens with one attached hydrogen (secondary N) is 3. The van der Waals surface area contributed by atoms with Crippen molar-refractivity contribution in [3.63, 3.8) is 0 Å². The molecule has 0 spiro atoms. The fraction of sp³-hybridized carbons (Fsp3) is 0.333. The maximum absolute atomic E-state index is 13.2. The Balaban J connectivity index is 1.43. The van der Waals surface area contributed by atoms with Crippen LogP contribution in [0.2, 0.25) is 0 Å². The summed E-state index contributed by atoms with van der Waals surface area (Å²) in [5, 5.41) is 9.05. The lowest BCUT2D eigenvalue weighted by Gasteiger charge is -2.19. The predicted molar refractivity (Wildman–Crippen MR) is 163 cm³/mol. The predicted octanol–water partition coefficient (Wildman–Crippen LogP) is 5.72. The third-order valence-corrected chi connectivity index (χ3v) is 6.45. The van der Waals surface area contributed by atoms with E-state index >= 15 is 0 Å². The van der Waals surface area contributed by atoms with E-state index in [0.717, 1.165) is 35.3 Å². The number of fused-ring (bicyclic) bond motifs is 1. The molecule has 3 aromatic carbocycles. The van der Waals surface area contributed by atoms with Gasteiger partial charge in [-0.3, -0.25) is 9.79 Å². The van der Waals surface area contributed by atoms with Gasteiger partial charge in [0.25, 0.3) is 0 Å². The third-order valence-electron chi connectivity index (χ3n) is 6.45. The fourth-order valence-electron chi connectivity index (χ4n) is 4.56. The number of carbonyl (C=O) groups excluding carboxylic acids is 3. The number of aliphatic imine (C=N–C) groups is 1. The van der Waals surface area contributed by atoms with Crippen molar-refractivity contribution in [2.75, 3.05) is 25.0 Å². The fourth-order valence-corrected chi connectivity index (χ4v) is 4.56. The Morgan fingerprint density at radius 3 is 2.38 bits per heavy atom. The number of carbonyl (C=O) groups is 3. The number of benzene rings is 3. The molecule has 2 amide bonds. The van der Waals surface area contributed by atoms with Crippen LogP contribution >= 0.6 is 0 Å². The van der Waals surface area contributed by atoms with Gasteiger partial charge in [-0.05, 0) is 81.6 Å². The van der Waals surface area contributed by atoms with E-state index < -0.39 is 23.6 Å². The molecule has 1 heterocycles. The van der Waals surface area contributed by atoms with E-state index in [-0.39, 0.29) is 12.5 Å². The molecule has 3 N–H and O–H groups in total. The molecule has 1 aliphatic rings. The van der Waals surface area contributed by atoms with Crippen LogP contribution in [0.1, 0.15) is 67.1 Å². The lowest BCUT2D eigenvalue weighted by atomic mass is 9.90.